The maximum Gasteiger partial charge on any atom is 0.248 e. The van der Waals surface area contributed by atoms with Gasteiger partial charge in [-0.15, -0.1) is 13.2 Å². The number of carbonyl (C=O) groups is 3. The molecule has 4 fully saturated rings. The van der Waals surface area contributed by atoms with E-state index < -0.39 is 35.1 Å². The first-order chi connectivity index (χ1) is 20.3. The first kappa shape index (κ1) is 30.5. The highest BCUT2D eigenvalue weighted by Gasteiger charge is 2.79. The number of nitrogens with zero attached hydrogens (tertiary/aromatic N) is 3. The topological polar surface area (TPSA) is 90.4 Å². The lowest BCUT2D eigenvalue weighted by Crippen LogP contribution is -2.60. The number of carbonyl (C=O) groups excluding carboxylic acids is 3. The lowest BCUT2D eigenvalue weighted by atomic mass is 9.64. The Morgan fingerprint density at radius 1 is 1.10 bits per heavy atom. The van der Waals surface area contributed by atoms with Crippen LogP contribution in [-0.4, -0.2) is 86.6 Å². The molecule has 8 heteroatoms. The lowest BCUT2D eigenvalue weighted by molar-refractivity contribution is -0.159. The molecule has 1 aromatic rings. The van der Waals surface area contributed by atoms with Crippen LogP contribution < -0.4 is 0 Å². The van der Waals surface area contributed by atoms with E-state index in [-0.39, 0.29) is 30.4 Å². The molecule has 3 aliphatic heterocycles. The molecule has 0 radical (unpaired) electrons. The molecule has 3 heterocycles. The Labute approximate surface area is 250 Å². The number of ether oxygens (including phenoxy) is 1. The van der Waals surface area contributed by atoms with Gasteiger partial charge < -0.3 is 24.5 Å². The number of benzene rings is 1. The molecule has 42 heavy (non-hydrogen) atoms. The minimum atomic E-state index is -1.12. The van der Waals surface area contributed by atoms with Gasteiger partial charge in [0.05, 0.1) is 30.1 Å². The number of hydrogen-bond donors (Lipinski definition) is 1. The van der Waals surface area contributed by atoms with Crippen molar-refractivity contribution in [1.82, 2.24) is 14.7 Å². The number of likely N-dealkylation sites (tertiary alicyclic amines) is 1. The number of aliphatic hydroxyl groups excluding tert-OH is 1. The van der Waals surface area contributed by atoms with Crippen molar-refractivity contribution in [2.45, 2.75) is 101 Å². The molecule has 8 nitrogen and oxygen atoms in total. The summed E-state index contributed by atoms with van der Waals surface area (Å²) in [6.45, 7) is 12.4. The Morgan fingerprint density at radius 3 is 2.40 bits per heavy atom. The fourth-order valence-electron chi connectivity index (χ4n) is 8.37. The van der Waals surface area contributed by atoms with E-state index in [0.717, 1.165) is 37.7 Å². The monoisotopic (exact) mass is 577 g/mol. The summed E-state index contributed by atoms with van der Waals surface area (Å²) in [5.74, 6) is -2.06. The molecule has 2 unspecified atom stereocenters. The van der Waals surface area contributed by atoms with Crippen molar-refractivity contribution in [1.29, 1.82) is 0 Å². The third kappa shape index (κ3) is 4.90. The number of aliphatic hydroxyl groups is 1. The van der Waals surface area contributed by atoms with Gasteiger partial charge in [-0.2, -0.15) is 0 Å². The Balaban J connectivity index is 1.56. The van der Waals surface area contributed by atoms with Crippen LogP contribution in [0.4, 0.5) is 0 Å². The van der Waals surface area contributed by atoms with Gasteiger partial charge in [-0.1, -0.05) is 68.7 Å². The average molecular weight is 578 g/mol. The zero-order chi connectivity index (χ0) is 30.1. The van der Waals surface area contributed by atoms with Gasteiger partial charge in [-0.05, 0) is 44.6 Å². The molecule has 5 rings (SSSR count). The molecule has 3 amide bonds. The Bertz CT molecular complexity index is 1180. The van der Waals surface area contributed by atoms with Gasteiger partial charge in [0.1, 0.15) is 11.6 Å². The van der Waals surface area contributed by atoms with Crippen molar-refractivity contribution in [3.8, 4) is 0 Å². The minimum Gasteiger partial charge on any atom is -0.394 e. The quantitative estimate of drug-likeness (QED) is 0.378. The van der Waals surface area contributed by atoms with Gasteiger partial charge in [0, 0.05) is 25.7 Å². The molecule has 1 N–H and O–H groups in total. The number of fused-ring (bicyclic) bond motifs is 1. The molecule has 1 aliphatic carbocycles. The van der Waals surface area contributed by atoms with Gasteiger partial charge >= 0.3 is 0 Å². The van der Waals surface area contributed by atoms with Gasteiger partial charge in [0.2, 0.25) is 17.7 Å². The Morgan fingerprint density at radius 2 is 1.79 bits per heavy atom. The summed E-state index contributed by atoms with van der Waals surface area (Å²) in [5.41, 5.74) is -0.950. The van der Waals surface area contributed by atoms with Crippen LogP contribution in [0.15, 0.2) is 55.6 Å². The summed E-state index contributed by atoms with van der Waals surface area (Å²) < 4.78 is 6.99. The predicted molar refractivity (Wildman–Crippen MR) is 161 cm³/mol. The summed E-state index contributed by atoms with van der Waals surface area (Å²) in [4.78, 5) is 49.0. The molecule has 3 saturated heterocycles. The van der Waals surface area contributed by atoms with Crippen LogP contribution in [0.2, 0.25) is 0 Å². The molecule has 1 saturated carbocycles. The summed E-state index contributed by atoms with van der Waals surface area (Å²) in [7, 11) is 0. The highest BCUT2D eigenvalue weighted by Crippen LogP contribution is 2.65. The van der Waals surface area contributed by atoms with Crippen LogP contribution in [-0.2, 0) is 25.7 Å². The molecular weight excluding hydrogens is 530 g/mol. The Kier molecular flexibility index (Phi) is 8.95. The van der Waals surface area contributed by atoms with Crippen molar-refractivity contribution >= 4 is 17.7 Å². The lowest BCUT2D eigenvalue weighted by Gasteiger charge is -2.42. The number of amides is 3. The van der Waals surface area contributed by atoms with Crippen molar-refractivity contribution in [2.75, 3.05) is 19.7 Å². The first-order valence-corrected chi connectivity index (χ1v) is 15.8. The maximum atomic E-state index is 14.7. The molecule has 2 bridgehead atoms. The molecular formula is C34H47N3O5. The summed E-state index contributed by atoms with van der Waals surface area (Å²) >= 11 is 0. The third-order valence-electron chi connectivity index (χ3n) is 10.4. The third-order valence-corrected chi connectivity index (χ3v) is 10.4. The smallest absolute Gasteiger partial charge is 0.248 e. The van der Waals surface area contributed by atoms with E-state index in [4.69, 9.17) is 4.74 Å². The van der Waals surface area contributed by atoms with Gasteiger partial charge in [0.25, 0.3) is 0 Å². The predicted octanol–water partition coefficient (Wildman–Crippen LogP) is 4.08. The van der Waals surface area contributed by atoms with Crippen molar-refractivity contribution in [3.05, 3.63) is 61.2 Å². The van der Waals surface area contributed by atoms with Gasteiger partial charge in [0.15, 0.2) is 0 Å². The average Bonchev–Trinajstić information content (AvgIpc) is 3.63. The molecule has 6 atom stereocenters. The zero-order valence-electron chi connectivity index (χ0n) is 25.2. The van der Waals surface area contributed by atoms with Crippen molar-refractivity contribution < 1.29 is 24.2 Å². The largest absolute Gasteiger partial charge is 0.394 e. The van der Waals surface area contributed by atoms with Gasteiger partial charge in [-0.25, -0.2) is 0 Å². The summed E-state index contributed by atoms with van der Waals surface area (Å²) in [6.07, 6.45) is 10.3. The van der Waals surface area contributed by atoms with E-state index >= 15 is 0 Å². The van der Waals surface area contributed by atoms with Crippen LogP contribution in [0.25, 0.3) is 0 Å². The maximum absolute atomic E-state index is 14.7. The zero-order valence-corrected chi connectivity index (χ0v) is 25.2. The summed E-state index contributed by atoms with van der Waals surface area (Å²) in [6, 6.07) is 8.39. The molecule has 0 aromatic heterocycles. The standard InChI is InChI=1S/C34H47N3O5/c1-5-20-35(22-25-14-10-8-11-15-25)30(39)27-28-31(40)37(24(4)23-38)29(34(28)19-18-33(27,7-3)42-34)32(41)36(21-6-2)26-16-12-9-13-17-26/h5-6,8,10-11,14-15,24,26-29,38H,1-2,7,9,12-13,16-23H2,3-4H3/t24-,27+,28+,29?,33-,34?/m1/s1. The molecule has 4 aliphatic rings. The number of hydrogen-bond acceptors (Lipinski definition) is 5. The van der Waals surface area contributed by atoms with E-state index in [9.17, 15) is 19.5 Å². The normalized spacial score (nSPS) is 31.1. The molecule has 228 valence electrons. The van der Waals surface area contributed by atoms with Crippen LogP contribution in [0, 0.1) is 11.8 Å². The first-order valence-electron chi connectivity index (χ1n) is 15.8. The van der Waals surface area contributed by atoms with Crippen LogP contribution >= 0.6 is 0 Å². The van der Waals surface area contributed by atoms with Gasteiger partial charge in [-0.3, -0.25) is 14.4 Å². The fourth-order valence-corrected chi connectivity index (χ4v) is 8.37. The molecule has 1 aromatic carbocycles. The highest BCUT2D eigenvalue weighted by atomic mass is 16.5. The van der Waals surface area contributed by atoms with E-state index in [0.29, 0.717) is 38.9 Å². The Hall–Kier alpha value is -2.97. The molecule has 1 spiro atoms. The fraction of sp³-hybridized carbons (Fsp3) is 0.618. The van der Waals surface area contributed by atoms with E-state index in [1.807, 2.05) is 42.2 Å². The van der Waals surface area contributed by atoms with Crippen LogP contribution in [0.5, 0.6) is 0 Å². The summed E-state index contributed by atoms with van der Waals surface area (Å²) in [5, 5.41) is 10.3. The van der Waals surface area contributed by atoms with Crippen LogP contribution in [0.1, 0.15) is 70.8 Å². The minimum absolute atomic E-state index is 0.0752. The van der Waals surface area contributed by atoms with E-state index in [1.165, 1.54) is 0 Å². The van der Waals surface area contributed by atoms with E-state index in [2.05, 4.69) is 13.2 Å². The highest BCUT2D eigenvalue weighted by molar-refractivity contribution is 5.99. The van der Waals surface area contributed by atoms with Crippen molar-refractivity contribution in [3.63, 3.8) is 0 Å². The second kappa shape index (κ2) is 12.3. The van der Waals surface area contributed by atoms with Crippen LogP contribution in [0.3, 0.4) is 0 Å². The second-order valence-electron chi connectivity index (χ2n) is 12.7. The SMILES string of the molecule is C=CCN(Cc1ccccc1)C(=O)[C@@H]1[C@H]2C(=O)N([C@H](C)CO)C(C(=O)N(CC=C)C3CCCCC3)C23CC[C@@]1(CC)O3. The second-order valence-corrected chi connectivity index (χ2v) is 12.7. The van der Waals surface area contributed by atoms with E-state index in [1.54, 1.807) is 28.9 Å². The van der Waals surface area contributed by atoms with Crippen molar-refractivity contribution in [2.24, 2.45) is 11.8 Å². The number of rotatable bonds is 12.